The molecule has 0 aromatic carbocycles. The zero-order chi connectivity index (χ0) is 11.6. The third kappa shape index (κ3) is 2.28. The van der Waals surface area contributed by atoms with Crippen LogP contribution in [0.3, 0.4) is 0 Å². The maximum absolute atomic E-state index is 9.35. The molecule has 1 saturated carbocycles. The zero-order valence-corrected chi connectivity index (χ0v) is 9.89. The summed E-state index contributed by atoms with van der Waals surface area (Å²) in [5, 5.41) is 13.7. The SMILES string of the molecule is Cc1ccn(CCC2CCCC2(N)CO)n1. The van der Waals surface area contributed by atoms with Gasteiger partial charge in [-0.25, -0.2) is 0 Å². The van der Waals surface area contributed by atoms with Crippen molar-refractivity contribution in [3.63, 3.8) is 0 Å². The fraction of sp³-hybridized carbons (Fsp3) is 0.750. The molecule has 0 aliphatic heterocycles. The standard InChI is InChI=1S/C12H21N3O/c1-10-4-7-15(14-10)8-5-11-3-2-6-12(11,13)9-16/h4,7,11,16H,2-3,5-6,8-9,13H2,1H3. The number of aryl methyl sites for hydroxylation is 2. The molecule has 0 radical (unpaired) electrons. The largest absolute Gasteiger partial charge is 0.394 e. The Morgan fingerprint density at radius 2 is 2.50 bits per heavy atom. The van der Waals surface area contributed by atoms with Crippen molar-refractivity contribution in [3.05, 3.63) is 18.0 Å². The van der Waals surface area contributed by atoms with Gasteiger partial charge in [0, 0.05) is 18.3 Å². The first-order valence-electron chi connectivity index (χ1n) is 6.04. The molecule has 0 bridgehead atoms. The minimum Gasteiger partial charge on any atom is -0.394 e. The third-order valence-corrected chi connectivity index (χ3v) is 3.78. The van der Waals surface area contributed by atoms with Gasteiger partial charge in [-0.2, -0.15) is 5.10 Å². The van der Waals surface area contributed by atoms with E-state index in [2.05, 4.69) is 5.10 Å². The van der Waals surface area contributed by atoms with E-state index in [4.69, 9.17) is 5.73 Å². The van der Waals surface area contributed by atoms with Gasteiger partial charge in [-0.15, -0.1) is 0 Å². The lowest BCUT2D eigenvalue weighted by Crippen LogP contribution is -2.47. The Morgan fingerprint density at radius 1 is 1.69 bits per heavy atom. The average molecular weight is 223 g/mol. The van der Waals surface area contributed by atoms with Crippen LogP contribution in [0.4, 0.5) is 0 Å². The smallest absolute Gasteiger partial charge is 0.0613 e. The Hall–Kier alpha value is -0.870. The van der Waals surface area contributed by atoms with Crippen molar-refractivity contribution < 1.29 is 5.11 Å². The van der Waals surface area contributed by atoms with Crippen LogP contribution >= 0.6 is 0 Å². The highest BCUT2D eigenvalue weighted by atomic mass is 16.3. The van der Waals surface area contributed by atoms with Crippen molar-refractivity contribution in [1.29, 1.82) is 0 Å². The van der Waals surface area contributed by atoms with Gasteiger partial charge in [0.2, 0.25) is 0 Å². The highest BCUT2D eigenvalue weighted by Gasteiger charge is 2.38. The molecule has 1 aromatic heterocycles. The van der Waals surface area contributed by atoms with Gasteiger partial charge >= 0.3 is 0 Å². The van der Waals surface area contributed by atoms with Crippen LogP contribution in [0.25, 0.3) is 0 Å². The van der Waals surface area contributed by atoms with Gasteiger partial charge < -0.3 is 10.8 Å². The summed E-state index contributed by atoms with van der Waals surface area (Å²) >= 11 is 0. The van der Waals surface area contributed by atoms with E-state index in [1.807, 2.05) is 23.9 Å². The Balaban J connectivity index is 1.90. The number of aliphatic hydroxyl groups excluding tert-OH is 1. The summed E-state index contributed by atoms with van der Waals surface area (Å²) in [5.74, 6) is 0.432. The Kier molecular flexibility index (Phi) is 3.30. The number of hydrogen-bond acceptors (Lipinski definition) is 3. The third-order valence-electron chi connectivity index (χ3n) is 3.78. The normalized spacial score (nSPS) is 29.8. The first-order chi connectivity index (χ1) is 7.64. The fourth-order valence-corrected chi connectivity index (χ4v) is 2.68. The van der Waals surface area contributed by atoms with Crippen molar-refractivity contribution in [2.75, 3.05) is 6.61 Å². The number of rotatable bonds is 4. The summed E-state index contributed by atoms with van der Waals surface area (Å²) in [6.45, 7) is 3.00. The van der Waals surface area contributed by atoms with Crippen LogP contribution in [0.5, 0.6) is 0 Å². The van der Waals surface area contributed by atoms with Crippen molar-refractivity contribution >= 4 is 0 Å². The average Bonchev–Trinajstić information content (AvgIpc) is 2.83. The van der Waals surface area contributed by atoms with Gasteiger partial charge in [-0.1, -0.05) is 6.42 Å². The molecule has 1 aliphatic carbocycles. The first kappa shape index (κ1) is 11.6. The molecule has 90 valence electrons. The molecule has 16 heavy (non-hydrogen) atoms. The van der Waals surface area contributed by atoms with E-state index in [-0.39, 0.29) is 12.1 Å². The highest BCUT2D eigenvalue weighted by Crippen LogP contribution is 2.35. The Bertz CT molecular complexity index is 350. The molecule has 4 heteroatoms. The van der Waals surface area contributed by atoms with Gasteiger partial charge in [0.05, 0.1) is 12.3 Å². The van der Waals surface area contributed by atoms with Crippen LogP contribution in [-0.2, 0) is 6.54 Å². The zero-order valence-electron chi connectivity index (χ0n) is 9.89. The number of aromatic nitrogens is 2. The molecule has 1 aliphatic rings. The van der Waals surface area contributed by atoms with Gasteiger partial charge in [-0.05, 0) is 38.2 Å². The van der Waals surface area contributed by atoms with Crippen LogP contribution < -0.4 is 5.73 Å². The topological polar surface area (TPSA) is 64.1 Å². The highest BCUT2D eigenvalue weighted by molar-refractivity contribution is 4.97. The van der Waals surface area contributed by atoms with E-state index in [1.54, 1.807) is 0 Å². The Labute approximate surface area is 96.5 Å². The molecule has 2 rings (SSSR count). The molecular weight excluding hydrogens is 202 g/mol. The number of aliphatic hydroxyl groups is 1. The maximum Gasteiger partial charge on any atom is 0.0613 e. The van der Waals surface area contributed by atoms with E-state index >= 15 is 0 Å². The van der Waals surface area contributed by atoms with Gasteiger partial charge in [0.15, 0.2) is 0 Å². The van der Waals surface area contributed by atoms with Crippen molar-refractivity contribution in [3.8, 4) is 0 Å². The van der Waals surface area contributed by atoms with Crippen LogP contribution in [0, 0.1) is 12.8 Å². The molecule has 0 spiro atoms. The van der Waals surface area contributed by atoms with Gasteiger partial charge in [0.25, 0.3) is 0 Å². The van der Waals surface area contributed by atoms with Crippen LogP contribution in [0.15, 0.2) is 12.3 Å². The summed E-state index contributed by atoms with van der Waals surface area (Å²) in [6.07, 6.45) is 6.24. The quantitative estimate of drug-likeness (QED) is 0.802. The van der Waals surface area contributed by atoms with Crippen molar-refractivity contribution in [2.45, 2.75) is 44.7 Å². The fourth-order valence-electron chi connectivity index (χ4n) is 2.68. The van der Waals surface area contributed by atoms with E-state index in [1.165, 1.54) is 0 Å². The monoisotopic (exact) mass is 223 g/mol. The number of nitrogens with two attached hydrogens (primary N) is 1. The van der Waals surface area contributed by atoms with Gasteiger partial charge in [-0.3, -0.25) is 4.68 Å². The second kappa shape index (κ2) is 4.55. The van der Waals surface area contributed by atoms with Crippen LogP contribution in [-0.4, -0.2) is 27.0 Å². The summed E-state index contributed by atoms with van der Waals surface area (Å²) in [6, 6.07) is 2.01. The molecular formula is C12H21N3O. The number of nitrogens with zero attached hydrogens (tertiary/aromatic N) is 2. The lowest BCUT2D eigenvalue weighted by Gasteiger charge is -2.29. The van der Waals surface area contributed by atoms with Crippen molar-refractivity contribution in [2.24, 2.45) is 11.7 Å². The second-order valence-corrected chi connectivity index (χ2v) is 4.99. The minimum absolute atomic E-state index is 0.107. The van der Waals surface area contributed by atoms with E-state index in [0.717, 1.165) is 37.9 Å². The predicted octanol–water partition coefficient (Wildman–Crippen LogP) is 1.07. The molecule has 1 fully saturated rings. The first-order valence-corrected chi connectivity index (χ1v) is 6.04. The molecule has 4 nitrogen and oxygen atoms in total. The number of hydrogen-bond donors (Lipinski definition) is 2. The lowest BCUT2D eigenvalue weighted by molar-refractivity contribution is 0.152. The molecule has 1 aromatic rings. The lowest BCUT2D eigenvalue weighted by atomic mass is 9.86. The summed E-state index contributed by atoms with van der Waals surface area (Å²) < 4.78 is 1.96. The summed E-state index contributed by atoms with van der Waals surface area (Å²) in [5.41, 5.74) is 6.90. The van der Waals surface area contributed by atoms with Crippen molar-refractivity contribution in [1.82, 2.24) is 9.78 Å². The predicted molar refractivity (Wildman–Crippen MR) is 62.9 cm³/mol. The maximum atomic E-state index is 9.35. The minimum atomic E-state index is -0.345. The molecule has 1 heterocycles. The summed E-state index contributed by atoms with van der Waals surface area (Å²) in [7, 11) is 0. The van der Waals surface area contributed by atoms with Crippen LogP contribution in [0.2, 0.25) is 0 Å². The molecule has 0 saturated heterocycles. The molecule has 2 unspecified atom stereocenters. The van der Waals surface area contributed by atoms with E-state index in [0.29, 0.717) is 5.92 Å². The molecule has 2 atom stereocenters. The molecule has 3 N–H and O–H groups in total. The van der Waals surface area contributed by atoms with E-state index < -0.39 is 0 Å². The van der Waals surface area contributed by atoms with Gasteiger partial charge in [0.1, 0.15) is 0 Å². The molecule has 0 amide bonds. The summed E-state index contributed by atoms with van der Waals surface area (Å²) in [4.78, 5) is 0. The Morgan fingerprint density at radius 3 is 3.12 bits per heavy atom. The van der Waals surface area contributed by atoms with E-state index in [9.17, 15) is 5.11 Å². The second-order valence-electron chi connectivity index (χ2n) is 4.99. The van der Waals surface area contributed by atoms with Crippen LogP contribution in [0.1, 0.15) is 31.4 Å².